The fraction of sp³-hybridized carbons (Fsp3) is 0.273. The van der Waals surface area contributed by atoms with Gasteiger partial charge in [-0.2, -0.15) is 0 Å². The summed E-state index contributed by atoms with van der Waals surface area (Å²) < 4.78 is 2.69. The number of rotatable bonds is 3. The summed E-state index contributed by atoms with van der Waals surface area (Å²) in [6.45, 7) is 2.44. The third-order valence-corrected chi connectivity index (χ3v) is 4.43. The first-order valence-electron chi connectivity index (χ1n) is 5.23. The largest absolute Gasteiger partial charge is 0.376 e. The van der Waals surface area contributed by atoms with Gasteiger partial charge in [0.25, 0.3) is 0 Å². The molecular weight excluding hydrogens is 339 g/mol. The molecule has 1 heterocycles. The number of nitrogens with zero attached hydrogens (tertiary/aromatic N) is 3. The maximum atomic E-state index is 6.14. The van der Waals surface area contributed by atoms with Gasteiger partial charge in [-0.1, -0.05) is 23.2 Å². The molecule has 0 aliphatic rings. The maximum Gasteiger partial charge on any atom is 0.152 e. The van der Waals surface area contributed by atoms with Crippen LogP contribution in [-0.4, -0.2) is 14.8 Å². The Morgan fingerprint density at radius 2 is 2.00 bits per heavy atom. The quantitative estimate of drug-likeness (QED) is 0.857. The molecule has 2 aromatic rings. The predicted octanol–water partition coefficient (Wildman–Crippen LogP) is 3.80. The van der Waals surface area contributed by atoms with Gasteiger partial charge in [0, 0.05) is 11.5 Å². The molecule has 0 radical (unpaired) electrons. The highest BCUT2D eigenvalue weighted by Crippen LogP contribution is 2.35. The van der Waals surface area contributed by atoms with Gasteiger partial charge in [0.1, 0.15) is 5.82 Å². The van der Waals surface area contributed by atoms with E-state index >= 15 is 0 Å². The van der Waals surface area contributed by atoms with Crippen molar-refractivity contribution in [2.24, 2.45) is 7.05 Å². The van der Waals surface area contributed by atoms with Crippen molar-refractivity contribution in [2.45, 2.75) is 13.5 Å². The Morgan fingerprint density at radius 3 is 2.61 bits per heavy atom. The molecule has 0 saturated carbocycles. The summed E-state index contributed by atoms with van der Waals surface area (Å²) in [6.07, 6.45) is 0. The number of aryl methyl sites for hydroxylation is 1. The van der Waals surface area contributed by atoms with Gasteiger partial charge in [0.2, 0.25) is 0 Å². The summed E-state index contributed by atoms with van der Waals surface area (Å²) >= 11 is 15.5. The van der Waals surface area contributed by atoms with Gasteiger partial charge in [-0.05, 0) is 35.0 Å². The van der Waals surface area contributed by atoms with Crippen molar-refractivity contribution < 1.29 is 0 Å². The second-order valence-corrected chi connectivity index (χ2v) is 5.41. The first-order chi connectivity index (χ1) is 8.50. The summed E-state index contributed by atoms with van der Waals surface area (Å²) in [5, 5.41) is 12.2. The second kappa shape index (κ2) is 5.47. The number of nitrogens with one attached hydrogen (secondary N) is 1. The summed E-state index contributed by atoms with van der Waals surface area (Å²) in [7, 11) is 1.92. The van der Waals surface area contributed by atoms with Crippen LogP contribution >= 0.6 is 39.1 Å². The highest BCUT2D eigenvalue weighted by molar-refractivity contribution is 9.10. The minimum Gasteiger partial charge on any atom is -0.376 e. The SMILES string of the molecule is Cc1nnc(CNc2ccc(Br)c(Cl)c2Cl)n1C. The molecule has 0 spiro atoms. The minimum absolute atomic E-state index is 0.491. The normalized spacial score (nSPS) is 10.7. The van der Waals surface area contributed by atoms with Gasteiger partial charge < -0.3 is 9.88 Å². The van der Waals surface area contributed by atoms with Gasteiger partial charge in [0.15, 0.2) is 5.82 Å². The van der Waals surface area contributed by atoms with Crippen molar-refractivity contribution in [2.75, 3.05) is 5.32 Å². The Kier molecular flexibility index (Phi) is 4.14. The Bertz CT molecular complexity index is 583. The fourth-order valence-corrected chi connectivity index (χ4v) is 2.28. The monoisotopic (exact) mass is 348 g/mol. The lowest BCUT2D eigenvalue weighted by Crippen LogP contribution is -2.07. The zero-order chi connectivity index (χ0) is 13.3. The zero-order valence-corrected chi connectivity index (χ0v) is 12.9. The van der Waals surface area contributed by atoms with Crippen molar-refractivity contribution in [3.05, 3.63) is 38.3 Å². The van der Waals surface area contributed by atoms with E-state index in [0.717, 1.165) is 21.8 Å². The van der Waals surface area contributed by atoms with Crippen molar-refractivity contribution in [1.82, 2.24) is 14.8 Å². The molecule has 0 aliphatic carbocycles. The number of hydrogen-bond donors (Lipinski definition) is 1. The van der Waals surface area contributed by atoms with Crippen LogP contribution in [-0.2, 0) is 13.6 Å². The third kappa shape index (κ3) is 2.63. The van der Waals surface area contributed by atoms with E-state index in [1.807, 2.05) is 30.7 Å². The molecule has 7 heteroatoms. The van der Waals surface area contributed by atoms with E-state index in [1.54, 1.807) is 0 Å². The van der Waals surface area contributed by atoms with Crippen LogP contribution in [0.2, 0.25) is 10.0 Å². The van der Waals surface area contributed by atoms with E-state index in [0.29, 0.717) is 16.6 Å². The van der Waals surface area contributed by atoms with Gasteiger partial charge in [-0.25, -0.2) is 0 Å². The molecule has 0 fully saturated rings. The second-order valence-electron chi connectivity index (χ2n) is 3.80. The molecule has 96 valence electrons. The van der Waals surface area contributed by atoms with Gasteiger partial charge in [-0.3, -0.25) is 0 Å². The molecule has 0 amide bonds. The number of aromatic nitrogens is 3. The number of benzene rings is 1. The van der Waals surface area contributed by atoms with Crippen molar-refractivity contribution in [1.29, 1.82) is 0 Å². The first kappa shape index (κ1) is 13.6. The summed E-state index contributed by atoms with van der Waals surface area (Å²) in [5.41, 5.74) is 0.769. The summed E-state index contributed by atoms with van der Waals surface area (Å²) in [5.74, 6) is 1.70. The Labute approximate surface area is 123 Å². The molecule has 18 heavy (non-hydrogen) atoms. The molecule has 4 nitrogen and oxygen atoms in total. The zero-order valence-electron chi connectivity index (χ0n) is 9.84. The molecule has 0 bridgehead atoms. The Hall–Kier alpha value is -0.780. The van der Waals surface area contributed by atoms with Crippen LogP contribution in [0.4, 0.5) is 5.69 Å². The van der Waals surface area contributed by atoms with Crippen molar-refractivity contribution in [3.63, 3.8) is 0 Å². The van der Waals surface area contributed by atoms with E-state index in [9.17, 15) is 0 Å². The van der Waals surface area contributed by atoms with E-state index in [1.165, 1.54) is 0 Å². The third-order valence-electron chi connectivity index (χ3n) is 2.65. The van der Waals surface area contributed by atoms with Crippen LogP contribution in [0.3, 0.4) is 0 Å². The molecular formula is C11H11BrCl2N4. The first-order valence-corrected chi connectivity index (χ1v) is 6.78. The lowest BCUT2D eigenvalue weighted by Gasteiger charge is -2.10. The Morgan fingerprint density at radius 1 is 1.28 bits per heavy atom. The average Bonchev–Trinajstić information content (AvgIpc) is 2.67. The van der Waals surface area contributed by atoms with E-state index in [-0.39, 0.29) is 0 Å². The van der Waals surface area contributed by atoms with E-state index in [4.69, 9.17) is 23.2 Å². The molecule has 1 N–H and O–H groups in total. The van der Waals surface area contributed by atoms with Crippen LogP contribution in [0, 0.1) is 6.92 Å². The van der Waals surface area contributed by atoms with Gasteiger partial charge in [-0.15, -0.1) is 10.2 Å². The van der Waals surface area contributed by atoms with Crippen LogP contribution in [0.25, 0.3) is 0 Å². The van der Waals surface area contributed by atoms with Crippen LogP contribution < -0.4 is 5.32 Å². The molecule has 1 aromatic carbocycles. The van der Waals surface area contributed by atoms with Crippen LogP contribution in [0.5, 0.6) is 0 Å². The smallest absolute Gasteiger partial charge is 0.152 e. The van der Waals surface area contributed by atoms with Gasteiger partial charge >= 0.3 is 0 Å². The lowest BCUT2D eigenvalue weighted by molar-refractivity contribution is 0.789. The van der Waals surface area contributed by atoms with Crippen LogP contribution in [0.15, 0.2) is 16.6 Å². The van der Waals surface area contributed by atoms with E-state index < -0.39 is 0 Å². The topological polar surface area (TPSA) is 42.7 Å². The fourth-order valence-electron chi connectivity index (χ4n) is 1.44. The molecule has 0 aliphatic heterocycles. The molecule has 0 saturated heterocycles. The number of anilines is 1. The summed E-state index contributed by atoms with van der Waals surface area (Å²) in [4.78, 5) is 0. The highest BCUT2D eigenvalue weighted by atomic mass is 79.9. The van der Waals surface area contributed by atoms with Crippen LogP contribution in [0.1, 0.15) is 11.6 Å². The average molecular weight is 350 g/mol. The summed E-state index contributed by atoms with van der Waals surface area (Å²) in [6, 6.07) is 3.71. The highest BCUT2D eigenvalue weighted by Gasteiger charge is 2.10. The predicted molar refractivity (Wildman–Crippen MR) is 77.2 cm³/mol. The van der Waals surface area contributed by atoms with Gasteiger partial charge in [0.05, 0.1) is 22.3 Å². The standard InChI is InChI=1S/C11H11BrCl2N4/c1-6-16-17-9(18(6)2)5-15-8-4-3-7(12)10(13)11(8)14/h3-4,15H,5H2,1-2H3. The lowest BCUT2D eigenvalue weighted by atomic mass is 10.3. The van der Waals surface area contributed by atoms with E-state index in [2.05, 4.69) is 31.4 Å². The number of halogens is 3. The molecule has 1 aromatic heterocycles. The van der Waals surface area contributed by atoms with Crippen molar-refractivity contribution >= 4 is 44.8 Å². The number of hydrogen-bond acceptors (Lipinski definition) is 3. The minimum atomic E-state index is 0.491. The molecule has 0 unspecified atom stereocenters. The maximum absolute atomic E-state index is 6.14. The molecule has 0 atom stereocenters. The Balaban J connectivity index is 2.16. The molecule has 2 rings (SSSR count). The van der Waals surface area contributed by atoms with Crippen molar-refractivity contribution in [3.8, 4) is 0 Å².